The molecule has 0 aromatic carbocycles. The van der Waals surface area contributed by atoms with Crippen LogP contribution in [0.1, 0.15) is 44.0 Å². The van der Waals surface area contributed by atoms with E-state index in [4.69, 9.17) is 16.6 Å². The number of halogens is 1. The van der Waals surface area contributed by atoms with E-state index < -0.39 is 0 Å². The van der Waals surface area contributed by atoms with Gasteiger partial charge in [-0.3, -0.25) is 4.68 Å². The molecule has 1 fully saturated rings. The third kappa shape index (κ3) is 3.00. The zero-order valence-corrected chi connectivity index (χ0v) is 16.2. The van der Waals surface area contributed by atoms with Crippen LogP contribution in [-0.4, -0.2) is 31.3 Å². The van der Waals surface area contributed by atoms with Gasteiger partial charge in [-0.15, -0.1) is 11.3 Å². The Balaban J connectivity index is 1.71. The van der Waals surface area contributed by atoms with Crippen molar-refractivity contribution in [2.24, 2.45) is 5.92 Å². The lowest BCUT2D eigenvalue weighted by atomic mass is 10.1. The lowest BCUT2D eigenvalue weighted by Gasteiger charge is -2.24. The molecule has 0 spiro atoms. The molecule has 3 aromatic rings. The minimum absolute atomic E-state index is 0.179. The number of aromatic nitrogens is 5. The second-order valence-electron chi connectivity index (χ2n) is 6.93. The average molecular weight is 377 g/mol. The van der Waals surface area contributed by atoms with Crippen molar-refractivity contribution in [2.45, 2.75) is 46.2 Å². The zero-order valence-electron chi connectivity index (χ0n) is 14.6. The highest BCUT2D eigenvalue weighted by Gasteiger charge is 2.33. The van der Waals surface area contributed by atoms with Crippen molar-refractivity contribution >= 4 is 39.2 Å². The number of thiazole rings is 1. The molecule has 8 heteroatoms. The predicted octanol–water partition coefficient (Wildman–Crippen LogP) is 4.24. The molecule has 0 radical (unpaired) electrons. The minimum Gasteiger partial charge on any atom is -0.334 e. The number of nitrogens with zero attached hydrogens (tertiary/aromatic N) is 6. The Kier molecular flexibility index (Phi) is 4.37. The quantitative estimate of drug-likeness (QED) is 0.681. The van der Waals surface area contributed by atoms with Crippen molar-refractivity contribution in [1.29, 1.82) is 0 Å². The number of hydrogen-bond donors (Lipinski definition) is 0. The molecule has 0 N–H and O–H groups in total. The SMILES string of the molecule is Cc1nn(CC(C)C)c(Cl)c1C1CCCN1c1ncc2ncsc2n1. The van der Waals surface area contributed by atoms with Gasteiger partial charge in [-0.1, -0.05) is 25.4 Å². The molecule has 1 atom stereocenters. The Hall–Kier alpha value is -1.73. The van der Waals surface area contributed by atoms with Crippen LogP contribution in [0.2, 0.25) is 5.15 Å². The molecule has 1 aliphatic rings. The second kappa shape index (κ2) is 6.53. The van der Waals surface area contributed by atoms with Crippen LogP contribution in [0, 0.1) is 12.8 Å². The van der Waals surface area contributed by atoms with Gasteiger partial charge in [-0.2, -0.15) is 5.10 Å². The van der Waals surface area contributed by atoms with Gasteiger partial charge in [-0.05, 0) is 25.7 Å². The van der Waals surface area contributed by atoms with E-state index >= 15 is 0 Å². The van der Waals surface area contributed by atoms with Crippen LogP contribution in [0.25, 0.3) is 10.3 Å². The van der Waals surface area contributed by atoms with Crippen LogP contribution in [0.4, 0.5) is 5.95 Å². The summed E-state index contributed by atoms with van der Waals surface area (Å²) in [6.07, 6.45) is 3.94. The van der Waals surface area contributed by atoms with Crippen molar-refractivity contribution in [2.75, 3.05) is 11.4 Å². The first kappa shape index (κ1) is 16.7. The van der Waals surface area contributed by atoms with Crippen LogP contribution < -0.4 is 4.90 Å². The van der Waals surface area contributed by atoms with Gasteiger partial charge in [0.2, 0.25) is 5.95 Å². The number of aryl methyl sites for hydroxylation is 1. The van der Waals surface area contributed by atoms with Crippen molar-refractivity contribution in [3.05, 3.63) is 28.1 Å². The van der Waals surface area contributed by atoms with E-state index in [1.54, 1.807) is 17.5 Å². The van der Waals surface area contributed by atoms with E-state index in [-0.39, 0.29) is 6.04 Å². The fourth-order valence-corrected chi connectivity index (χ4v) is 4.51. The summed E-state index contributed by atoms with van der Waals surface area (Å²) in [5.74, 6) is 1.26. The molecular weight excluding hydrogens is 356 g/mol. The molecule has 1 aliphatic heterocycles. The zero-order chi connectivity index (χ0) is 17.6. The van der Waals surface area contributed by atoms with Gasteiger partial charge < -0.3 is 4.90 Å². The second-order valence-corrected chi connectivity index (χ2v) is 8.12. The normalized spacial score (nSPS) is 18.0. The summed E-state index contributed by atoms with van der Waals surface area (Å²) in [5, 5.41) is 5.43. The Labute approximate surface area is 155 Å². The van der Waals surface area contributed by atoms with E-state index in [2.05, 4.69) is 33.8 Å². The minimum atomic E-state index is 0.179. The van der Waals surface area contributed by atoms with E-state index in [1.165, 1.54) is 0 Å². The summed E-state index contributed by atoms with van der Waals surface area (Å²) in [6, 6.07) is 0.179. The van der Waals surface area contributed by atoms with E-state index in [0.29, 0.717) is 5.92 Å². The van der Waals surface area contributed by atoms with Crippen molar-refractivity contribution in [1.82, 2.24) is 24.7 Å². The lowest BCUT2D eigenvalue weighted by molar-refractivity contribution is 0.481. The summed E-state index contributed by atoms with van der Waals surface area (Å²) in [4.78, 5) is 16.7. The molecule has 132 valence electrons. The molecule has 0 saturated carbocycles. The van der Waals surface area contributed by atoms with Crippen LogP contribution in [0.5, 0.6) is 0 Å². The maximum atomic E-state index is 6.71. The lowest BCUT2D eigenvalue weighted by Crippen LogP contribution is -2.25. The maximum Gasteiger partial charge on any atom is 0.227 e. The Morgan fingerprint density at radius 1 is 1.36 bits per heavy atom. The van der Waals surface area contributed by atoms with E-state index in [0.717, 1.165) is 58.6 Å². The van der Waals surface area contributed by atoms with E-state index in [9.17, 15) is 0 Å². The number of hydrogen-bond acceptors (Lipinski definition) is 6. The molecule has 1 saturated heterocycles. The molecule has 0 bridgehead atoms. The third-order valence-electron chi connectivity index (χ3n) is 4.57. The van der Waals surface area contributed by atoms with Gasteiger partial charge in [0.15, 0.2) is 0 Å². The summed E-state index contributed by atoms with van der Waals surface area (Å²) < 4.78 is 1.93. The highest BCUT2D eigenvalue weighted by atomic mass is 35.5. The summed E-state index contributed by atoms with van der Waals surface area (Å²) in [7, 11) is 0. The van der Waals surface area contributed by atoms with Crippen molar-refractivity contribution in [3.63, 3.8) is 0 Å². The standard InChI is InChI=1S/C17H21ClN6S/c1-10(2)8-24-15(18)14(11(3)22-24)13-5-4-6-23(13)17-19-7-12-16(21-17)25-9-20-12/h7,9-10,13H,4-6,8H2,1-3H3. The molecular formula is C17H21ClN6S. The van der Waals surface area contributed by atoms with Crippen LogP contribution in [0.15, 0.2) is 11.7 Å². The van der Waals surface area contributed by atoms with Crippen molar-refractivity contribution < 1.29 is 0 Å². The average Bonchev–Trinajstić information content (AvgIpc) is 3.26. The van der Waals surface area contributed by atoms with Gasteiger partial charge >= 0.3 is 0 Å². The monoisotopic (exact) mass is 376 g/mol. The molecule has 1 unspecified atom stereocenters. The van der Waals surface area contributed by atoms with Crippen LogP contribution in [0.3, 0.4) is 0 Å². The summed E-state index contributed by atoms with van der Waals surface area (Å²) in [5.41, 5.74) is 4.78. The number of rotatable bonds is 4. The van der Waals surface area contributed by atoms with Gasteiger partial charge in [0.1, 0.15) is 15.5 Å². The number of anilines is 1. The molecule has 4 rings (SSSR count). The first-order chi connectivity index (χ1) is 12.0. The Bertz CT molecular complexity index is 902. The first-order valence-electron chi connectivity index (χ1n) is 8.60. The smallest absolute Gasteiger partial charge is 0.227 e. The Morgan fingerprint density at radius 3 is 3.00 bits per heavy atom. The molecule has 4 heterocycles. The summed E-state index contributed by atoms with van der Waals surface area (Å²) >= 11 is 8.25. The highest BCUT2D eigenvalue weighted by molar-refractivity contribution is 7.16. The molecule has 0 amide bonds. The van der Waals surface area contributed by atoms with Gasteiger partial charge in [0.05, 0.1) is 23.4 Å². The molecule has 3 aromatic heterocycles. The van der Waals surface area contributed by atoms with Crippen molar-refractivity contribution in [3.8, 4) is 0 Å². The Morgan fingerprint density at radius 2 is 2.20 bits per heavy atom. The predicted molar refractivity (Wildman–Crippen MR) is 101 cm³/mol. The van der Waals surface area contributed by atoms with Gasteiger partial charge in [0, 0.05) is 18.7 Å². The van der Waals surface area contributed by atoms with Gasteiger partial charge in [-0.25, -0.2) is 15.0 Å². The van der Waals surface area contributed by atoms with Gasteiger partial charge in [0.25, 0.3) is 0 Å². The first-order valence-corrected chi connectivity index (χ1v) is 9.86. The fourth-order valence-electron chi connectivity index (χ4n) is 3.52. The highest BCUT2D eigenvalue weighted by Crippen LogP contribution is 2.39. The number of fused-ring (bicyclic) bond motifs is 1. The van der Waals surface area contributed by atoms with Crippen LogP contribution >= 0.6 is 22.9 Å². The van der Waals surface area contributed by atoms with E-state index in [1.807, 2.05) is 17.1 Å². The molecule has 0 aliphatic carbocycles. The molecule has 6 nitrogen and oxygen atoms in total. The van der Waals surface area contributed by atoms with Crippen LogP contribution in [-0.2, 0) is 6.54 Å². The maximum absolute atomic E-state index is 6.71. The third-order valence-corrected chi connectivity index (χ3v) is 5.70. The summed E-state index contributed by atoms with van der Waals surface area (Å²) in [6.45, 7) is 8.15. The largest absolute Gasteiger partial charge is 0.334 e. The molecule has 25 heavy (non-hydrogen) atoms. The fraction of sp³-hybridized carbons (Fsp3) is 0.529. The topological polar surface area (TPSA) is 59.7 Å².